The highest BCUT2D eigenvalue weighted by molar-refractivity contribution is 7.89. The Morgan fingerprint density at radius 3 is 2.67 bits per heavy atom. The second-order valence-electron chi connectivity index (χ2n) is 7.71. The molecule has 0 aliphatic carbocycles. The number of aliphatic imine (C=N–C) groups is 1. The Morgan fingerprint density at radius 1 is 1.23 bits per heavy atom. The van der Waals surface area contributed by atoms with Gasteiger partial charge in [0.25, 0.3) is 0 Å². The average Bonchev–Trinajstić information content (AvgIpc) is 3.14. The summed E-state index contributed by atoms with van der Waals surface area (Å²) in [5.74, 6) is 0.845. The van der Waals surface area contributed by atoms with Gasteiger partial charge in [0, 0.05) is 56.9 Å². The third kappa shape index (κ3) is 5.74. The number of nitrogens with one attached hydrogen (secondary N) is 2. The zero-order chi connectivity index (χ0) is 21.6. The van der Waals surface area contributed by atoms with Crippen LogP contribution < -0.4 is 5.32 Å². The number of H-pyrrole nitrogens is 1. The van der Waals surface area contributed by atoms with E-state index in [2.05, 4.69) is 44.6 Å². The van der Waals surface area contributed by atoms with Crippen LogP contribution in [0.15, 0.2) is 35.5 Å². The second kappa shape index (κ2) is 10.3. The lowest BCUT2D eigenvalue weighted by Gasteiger charge is -2.35. The molecule has 0 unspecified atom stereocenters. The minimum Gasteiger partial charge on any atom is -0.378 e. The van der Waals surface area contributed by atoms with Gasteiger partial charge in [-0.1, -0.05) is 18.2 Å². The first-order valence-corrected chi connectivity index (χ1v) is 12.1. The molecule has 1 aliphatic heterocycles. The number of hydrogen-bond acceptors (Lipinski definition) is 4. The van der Waals surface area contributed by atoms with Gasteiger partial charge in [0.15, 0.2) is 5.96 Å². The van der Waals surface area contributed by atoms with Crippen molar-refractivity contribution in [3.8, 4) is 0 Å². The van der Waals surface area contributed by atoms with Crippen molar-refractivity contribution >= 4 is 26.9 Å². The summed E-state index contributed by atoms with van der Waals surface area (Å²) in [5, 5.41) is 4.66. The van der Waals surface area contributed by atoms with Crippen LogP contribution in [0.1, 0.15) is 19.4 Å². The van der Waals surface area contributed by atoms with Crippen LogP contribution in [-0.4, -0.2) is 86.8 Å². The van der Waals surface area contributed by atoms with Gasteiger partial charge in [0.2, 0.25) is 10.0 Å². The minimum absolute atomic E-state index is 0.0305. The van der Waals surface area contributed by atoms with Crippen LogP contribution in [-0.2, 0) is 21.2 Å². The maximum absolute atomic E-state index is 12.5. The lowest BCUT2D eigenvalue weighted by molar-refractivity contribution is 0.0904. The SMILES string of the molecule is CN=C(NCCc1c[nH]c2ccccc12)N1CCN(S(=O)(=O)CCOC(C)C)CC1. The number of hydrogen-bond donors (Lipinski definition) is 2. The van der Waals surface area contributed by atoms with Gasteiger partial charge >= 0.3 is 0 Å². The molecule has 1 aliphatic rings. The maximum Gasteiger partial charge on any atom is 0.216 e. The molecule has 0 bridgehead atoms. The first kappa shape index (κ1) is 22.6. The minimum atomic E-state index is -3.28. The molecule has 30 heavy (non-hydrogen) atoms. The van der Waals surface area contributed by atoms with Crippen molar-refractivity contribution in [2.24, 2.45) is 4.99 Å². The van der Waals surface area contributed by atoms with Crippen LogP contribution in [0, 0.1) is 0 Å². The van der Waals surface area contributed by atoms with Crippen LogP contribution in [0.3, 0.4) is 0 Å². The molecule has 0 amide bonds. The predicted octanol–water partition coefficient (Wildman–Crippen LogP) is 1.66. The Kier molecular flexibility index (Phi) is 7.74. The number of ether oxygens (including phenoxy) is 1. The molecule has 1 aromatic carbocycles. The zero-order valence-electron chi connectivity index (χ0n) is 18.1. The van der Waals surface area contributed by atoms with E-state index in [1.54, 1.807) is 11.4 Å². The Morgan fingerprint density at radius 2 is 1.97 bits per heavy atom. The molecule has 0 atom stereocenters. The van der Waals surface area contributed by atoms with Gasteiger partial charge in [-0.2, -0.15) is 4.31 Å². The summed E-state index contributed by atoms with van der Waals surface area (Å²) in [7, 11) is -1.52. The molecular formula is C21H33N5O3S. The normalized spacial score (nSPS) is 16.5. The number of guanidine groups is 1. The Balaban J connectivity index is 1.47. The molecule has 0 saturated carbocycles. The van der Waals surface area contributed by atoms with Crippen LogP contribution in [0.25, 0.3) is 10.9 Å². The maximum atomic E-state index is 12.5. The highest BCUT2D eigenvalue weighted by Crippen LogP contribution is 2.17. The molecule has 1 fully saturated rings. The van der Waals surface area contributed by atoms with Gasteiger partial charge in [-0.25, -0.2) is 8.42 Å². The number of piperazine rings is 1. The average molecular weight is 436 g/mol. The molecule has 1 saturated heterocycles. The molecule has 0 spiro atoms. The Labute approximate surface area is 179 Å². The van der Waals surface area contributed by atoms with E-state index in [1.165, 1.54) is 10.9 Å². The Bertz CT molecular complexity index is 946. The van der Waals surface area contributed by atoms with E-state index >= 15 is 0 Å². The van der Waals surface area contributed by atoms with Crippen LogP contribution in [0.2, 0.25) is 0 Å². The van der Waals surface area contributed by atoms with Crippen molar-refractivity contribution < 1.29 is 13.2 Å². The molecule has 0 radical (unpaired) electrons. The predicted molar refractivity (Wildman–Crippen MR) is 121 cm³/mol. The van der Waals surface area contributed by atoms with Crippen LogP contribution >= 0.6 is 0 Å². The zero-order valence-corrected chi connectivity index (χ0v) is 18.9. The van der Waals surface area contributed by atoms with Crippen molar-refractivity contribution in [3.05, 3.63) is 36.0 Å². The van der Waals surface area contributed by atoms with Crippen LogP contribution in [0.5, 0.6) is 0 Å². The quantitative estimate of drug-likeness (QED) is 0.486. The number of fused-ring (bicyclic) bond motifs is 1. The third-order valence-corrected chi connectivity index (χ3v) is 7.12. The van der Waals surface area contributed by atoms with Crippen molar-refractivity contribution in [3.63, 3.8) is 0 Å². The highest BCUT2D eigenvalue weighted by Gasteiger charge is 2.27. The fraction of sp³-hybridized carbons (Fsp3) is 0.571. The van der Waals surface area contributed by atoms with Crippen molar-refractivity contribution in [1.29, 1.82) is 0 Å². The smallest absolute Gasteiger partial charge is 0.216 e. The van der Waals surface area contributed by atoms with Crippen molar-refractivity contribution in [2.45, 2.75) is 26.4 Å². The molecule has 166 valence electrons. The number of aromatic nitrogens is 1. The van der Waals surface area contributed by atoms with Gasteiger partial charge < -0.3 is 19.9 Å². The molecule has 8 nitrogen and oxygen atoms in total. The van der Waals surface area contributed by atoms with Crippen LogP contribution in [0.4, 0.5) is 0 Å². The molecular weight excluding hydrogens is 402 g/mol. The number of sulfonamides is 1. The fourth-order valence-corrected chi connectivity index (χ4v) is 4.96. The lowest BCUT2D eigenvalue weighted by atomic mass is 10.1. The third-order valence-electron chi connectivity index (χ3n) is 5.29. The summed E-state index contributed by atoms with van der Waals surface area (Å²) in [6.07, 6.45) is 2.98. The molecule has 1 aromatic heterocycles. The fourth-order valence-electron chi connectivity index (χ4n) is 3.68. The first-order valence-electron chi connectivity index (χ1n) is 10.5. The van der Waals surface area contributed by atoms with Gasteiger partial charge in [-0.05, 0) is 31.9 Å². The summed E-state index contributed by atoms with van der Waals surface area (Å²) in [5.41, 5.74) is 2.42. The van der Waals surface area contributed by atoms with E-state index in [-0.39, 0.29) is 18.5 Å². The largest absolute Gasteiger partial charge is 0.378 e. The summed E-state index contributed by atoms with van der Waals surface area (Å²) in [4.78, 5) is 9.81. The summed E-state index contributed by atoms with van der Waals surface area (Å²) in [6, 6.07) is 8.28. The number of benzene rings is 1. The topological polar surface area (TPSA) is 90.0 Å². The van der Waals surface area contributed by atoms with Gasteiger partial charge in [0.1, 0.15) is 0 Å². The van der Waals surface area contributed by atoms with E-state index < -0.39 is 10.0 Å². The first-order chi connectivity index (χ1) is 14.4. The van der Waals surface area contributed by atoms with Crippen molar-refractivity contribution in [2.75, 3.05) is 52.1 Å². The van der Waals surface area contributed by atoms with E-state index in [4.69, 9.17) is 4.74 Å². The highest BCUT2D eigenvalue weighted by atomic mass is 32.2. The monoisotopic (exact) mass is 435 g/mol. The number of rotatable bonds is 8. The second-order valence-corrected chi connectivity index (χ2v) is 9.79. The molecule has 9 heteroatoms. The van der Waals surface area contributed by atoms with Gasteiger partial charge in [0.05, 0.1) is 18.5 Å². The summed E-state index contributed by atoms with van der Waals surface area (Å²) in [6.45, 7) is 6.98. The summed E-state index contributed by atoms with van der Waals surface area (Å²) < 4.78 is 32.0. The standard InChI is InChI=1S/C21H33N5O3S/c1-17(2)29-14-15-30(27,28)26-12-10-25(11-13-26)21(22-3)23-9-8-18-16-24-20-7-5-4-6-19(18)20/h4-7,16-17,24H,8-15H2,1-3H3,(H,22,23). The van der Waals surface area contributed by atoms with E-state index in [1.807, 2.05) is 19.9 Å². The number of para-hydroxylation sites is 1. The molecule has 2 N–H and O–H groups in total. The molecule has 3 rings (SSSR count). The lowest BCUT2D eigenvalue weighted by Crippen LogP contribution is -2.54. The molecule has 2 aromatic rings. The van der Waals surface area contributed by atoms with Gasteiger partial charge in [-0.3, -0.25) is 4.99 Å². The van der Waals surface area contributed by atoms with Gasteiger partial charge in [-0.15, -0.1) is 0 Å². The van der Waals surface area contributed by atoms with E-state index in [0.29, 0.717) is 26.2 Å². The molecule has 2 heterocycles. The van der Waals surface area contributed by atoms with E-state index in [9.17, 15) is 8.42 Å². The number of aromatic amines is 1. The number of nitrogens with zero attached hydrogens (tertiary/aromatic N) is 3. The van der Waals surface area contributed by atoms with Crippen molar-refractivity contribution in [1.82, 2.24) is 19.5 Å². The Hall–Kier alpha value is -2.10. The van der Waals surface area contributed by atoms with E-state index in [0.717, 1.165) is 24.4 Å². The summed E-state index contributed by atoms with van der Waals surface area (Å²) >= 11 is 0.